The maximum Gasteiger partial charge on any atom is 0.405 e. The van der Waals surface area contributed by atoms with Gasteiger partial charge in [-0.15, -0.1) is 0 Å². The minimum absolute atomic E-state index is 0.0260. The van der Waals surface area contributed by atoms with Crippen LogP contribution in [0.15, 0.2) is 0 Å². The second-order valence-electron chi connectivity index (χ2n) is 4.12. The standard InChI is InChI=1S/C8H18NO3P/c1-4-5-9-13(10)11-6-8(2,3)7-12-13/h4-7H2,1-3H3,(H,9,10). The molecule has 1 fully saturated rings. The molecule has 0 amide bonds. The van der Waals surface area contributed by atoms with Crippen molar-refractivity contribution >= 4 is 7.75 Å². The highest BCUT2D eigenvalue weighted by Crippen LogP contribution is 2.49. The predicted molar refractivity (Wildman–Crippen MR) is 51.6 cm³/mol. The third kappa shape index (κ3) is 3.39. The molecule has 0 aromatic carbocycles. The van der Waals surface area contributed by atoms with E-state index in [1.807, 2.05) is 20.8 Å². The number of hydrogen-bond donors (Lipinski definition) is 1. The molecule has 4 nitrogen and oxygen atoms in total. The molecule has 1 aliphatic heterocycles. The summed E-state index contributed by atoms with van der Waals surface area (Å²) in [6.45, 7) is 7.69. The van der Waals surface area contributed by atoms with E-state index in [9.17, 15) is 4.57 Å². The molecule has 0 aromatic rings. The summed E-state index contributed by atoms with van der Waals surface area (Å²) < 4.78 is 22.1. The van der Waals surface area contributed by atoms with Crippen LogP contribution in [0, 0.1) is 5.41 Å². The second-order valence-corrected chi connectivity index (χ2v) is 5.94. The first kappa shape index (κ1) is 11.2. The van der Waals surface area contributed by atoms with Crippen molar-refractivity contribution in [3.63, 3.8) is 0 Å². The summed E-state index contributed by atoms with van der Waals surface area (Å²) in [6, 6.07) is 0. The van der Waals surface area contributed by atoms with Crippen molar-refractivity contribution in [3.05, 3.63) is 0 Å². The van der Waals surface area contributed by atoms with Crippen LogP contribution in [0.5, 0.6) is 0 Å². The van der Waals surface area contributed by atoms with Gasteiger partial charge >= 0.3 is 7.75 Å². The van der Waals surface area contributed by atoms with Gasteiger partial charge in [0, 0.05) is 12.0 Å². The fourth-order valence-corrected chi connectivity index (χ4v) is 2.73. The molecule has 0 aliphatic carbocycles. The lowest BCUT2D eigenvalue weighted by Gasteiger charge is -2.33. The topological polar surface area (TPSA) is 47.6 Å². The average molecular weight is 207 g/mol. The van der Waals surface area contributed by atoms with Gasteiger partial charge in [-0.05, 0) is 6.42 Å². The van der Waals surface area contributed by atoms with Crippen molar-refractivity contribution < 1.29 is 13.6 Å². The molecule has 78 valence electrons. The van der Waals surface area contributed by atoms with Crippen molar-refractivity contribution in [2.24, 2.45) is 5.41 Å². The van der Waals surface area contributed by atoms with Crippen LogP contribution >= 0.6 is 7.75 Å². The van der Waals surface area contributed by atoms with Crippen molar-refractivity contribution in [2.45, 2.75) is 27.2 Å². The predicted octanol–water partition coefficient (Wildman–Crippen LogP) is 2.17. The minimum Gasteiger partial charge on any atom is -0.296 e. The van der Waals surface area contributed by atoms with Gasteiger partial charge in [0.15, 0.2) is 0 Å². The van der Waals surface area contributed by atoms with Crippen LogP contribution in [0.3, 0.4) is 0 Å². The Balaban J connectivity index is 2.42. The fourth-order valence-electron chi connectivity index (χ4n) is 0.938. The van der Waals surface area contributed by atoms with Crippen LogP contribution in [-0.4, -0.2) is 19.8 Å². The molecule has 0 unspecified atom stereocenters. The first-order chi connectivity index (χ1) is 5.97. The largest absolute Gasteiger partial charge is 0.405 e. The lowest BCUT2D eigenvalue weighted by Crippen LogP contribution is -2.33. The molecule has 5 heteroatoms. The summed E-state index contributed by atoms with van der Waals surface area (Å²) in [7, 11) is -2.96. The number of nitrogens with one attached hydrogen (secondary N) is 1. The molecular formula is C8H18NO3P. The molecule has 13 heavy (non-hydrogen) atoms. The molecule has 0 radical (unpaired) electrons. The first-order valence-corrected chi connectivity index (χ1v) is 6.16. The van der Waals surface area contributed by atoms with Gasteiger partial charge < -0.3 is 0 Å². The van der Waals surface area contributed by atoms with Gasteiger partial charge in [0.05, 0.1) is 13.2 Å². The average Bonchev–Trinajstić information content (AvgIpc) is 2.08. The molecule has 0 atom stereocenters. The highest BCUT2D eigenvalue weighted by molar-refractivity contribution is 7.51. The molecule has 0 saturated carbocycles. The van der Waals surface area contributed by atoms with Crippen LogP contribution in [0.1, 0.15) is 27.2 Å². The zero-order valence-electron chi connectivity index (χ0n) is 8.50. The molecule has 1 N–H and O–H groups in total. The Morgan fingerprint density at radius 3 is 2.38 bits per heavy atom. The zero-order valence-corrected chi connectivity index (χ0v) is 9.39. The van der Waals surface area contributed by atoms with E-state index in [1.54, 1.807) is 0 Å². The van der Waals surface area contributed by atoms with Crippen molar-refractivity contribution in [1.82, 2.24) is 5.09 Å². The van der Waals surface area contributed by atoms with Crippen molar-refractivity contribution in [3.8, 4) is 0 Å². The third-order valence-corrected chi connectivity index (χ3v) is 3.35. The molecule has 0 bridgehead atoms. The summed E-state index contributed by atoms with van der Waals surface area (Å²) in [5, 5.41) is 2.80. The number of hydrogen-bond acceptors (Lipinski definition) is 3. The van der Waals surface area contributed by atoms with Crippen LogP contribution < -0.4 is 5.09 Å². The van der Waals surface area contributed by atoms with Gasteiger partial charge in [0.2, 0.25) is 0 Å². The first-order valence-electron chi connectivity index (χ1n) is 4.62. The summed E-state index contributed by atoms with van der Waals surface area (Å²) >= 11 is 0. The van der Waals surface area contributed by atoms with E-state index in [1.165, 1.54) is 0 Å². The van der Waals surface area contributed by atoms with E-state index < -0.39 is 7.75 Å². The summed E-state index contributed by atoms with van der Waals surface area (Å²) in [6.07, 6.45) is 0.917. The molecule has 1 aliphatic rings. The van der Waals surface area contributed by atoms with Crippen LogP contribution in [0.4, 0.5) is 0 Å². The van der Waals surface area contributed by atoms with Gasteiger partial charge in [0.1, 0.15) is 0 Å². The van der Waals surface area contributed by atoms with Crippen LogP contribution in [-0.2, 0) is 13.6 Å². The van der Waals surface area contributed by atoms with Gasteiger partial charge in [-0.3, -0.25) is 9.05 Å². The van der Waals surface area contributed by atoms with Crippen molar-refractivity contribution in [2.75, 3.05) is 19.8 Å². The van der Waals surface area contributed by atoms with E-state index in [2.05, 4.69) is 5.09 Å². The van der Waals surface area contributed by atoms with Gasteiger partial charge in [0.25, 0.3) is 0 Å². The lowest BCUT2D eigenvalue weighted by atomic mass is 9.97. The van der Waals surface area contributed by atoms with Gasteiger partial charge in [-0.25, -0.2) is 9.65 Å². The van der Waals surface area contributed by atoms with E-state index in [4.69, 9.17) is 9.05 Å². The highest BCUT2D eigenvalue weighted by Gasteiger charge is 2.35. The minimum atomic E-state index is -2.96. The summed E-state index contributed by atoms with van der Waals surface area (Å²) in [5.41, 5.74) is -0.0260. The molecule has 0 aromatic heterocycles. The third-order valence-electron chi connectivity index (χ3n) is 1.81. The maximum atomic E-state index is 11.7. The van der Waals surface area contributed by atoms with E-state index >= 15 is 0 Å². The smallest absolute Gasteiger partial charge is 0.296 e. The zero-order chi connectivity index (χ0) is 9.95. The molecular weight excluding hydrogens is 189 g/mol. The fraction of sp³-hybridized carbons (Fsp3) is 1.00. The normalized spacial score (nSPS) is 25.8. The molecule has 1 saturated heterocycles. The SMILES string of the molecule is CCCNP1(=O)OCC(C)(C)CO1. The Labute approximate surface area is 79.6 Å². The van der Waals surface area contributed by atoms with Gasteiger partial charge in [-0.2, -0.15) is 0 Å². The van der Waals surface area contributed by atoms with E-state index in [0.717, 1.165) is 6.42 Å². The summed E-state index contributed by atoms with van der Waals surface area (Å²) in [4.78, 5) is 0. The number of rotatable bonds is 3. The monoisotopic (exact) mass is 207 g/mol. The van der Waals surface area contributed by atoms with Crippen LogP contribution in [0.25, 0.3) is 0 Å². The van der Waals surface area contributed by atoms with Crippen LogP contribution in [0.2, 0.25) is 0 Å². The van der Waals surface area contributed by atoms with E-state index in [0.29, 0.717) is 19.8 Å². The Kier molecular flexibility index (Phi) is 3.52. The Morgan fingerprint density at radius 2 is 1.92 bits per heavy atom. The molecule has 1 rings (SSSR count). The molecule has 1 heterocycles. The van der Waals surface area contributed by atoms with Crippen molar-refractivity contribution in [1.29, 1.82) is 0 Å². The lowest BCUT2D eigenvalue weighted by molar-refractivity contribution is 0.0372. The summed E-state index contributed by atoms with van der Waals surface area (Å²) in [5.74, 6) is 0. The van der Waals surface area contributed by atoms with Gasteiger partial charge in [-0.1, -0.05) is 20.8 Å². The van der Waals surface area contributed by atoms with E-state index in [-0.39, 0.29) is 5.41 Å². The second kappa shape index (κ2) is 4.09. The molecule has 0 spiro atoms. The Morgan fingerprint density at radius 1 is 1.38 bits per heavy atom. The highest BCUT2D eigenvalue weighted by atomic mass is 31.2. The maximum absolute atomic E-state index is 11.7. The quantitative estimate of drug-likeness (QED) is 0.720. The Hall–Kier alpha value is 0.110. The Bertz CT molecular complexity index is 203.